The fraction of sp³-hybridized carbons (Fsp3) is 0.231. The summed E-state index contributed by atoms with van der Waals surface area (Å²) in [5.74, 6) is 0. The van der Waals surface area contributed by atoms with Crippen LogP contribution in [0.4, 0.5) is 13.2 Å². The third kappa shape index (κ3) is 3.46. The van der Waals surface area contributed by atoms with Crippen LogP contribution in [0.2, 0.25) is 5.15 Å². The molecule has 1 atom stereocenters. The quantitative estimate of drug-likeness (QED) is 0.884. The van der Waals surface area contributed by atoms with E-state index in [4.69, 9.17) is 11.6 Å². The van der Waals surface area contributed by atoms with Crippen LogP contribution >= 0.6 is 11.6 Å². The van der Waals surface area contributed by atoms with Gasteiger partial charge in [-0.3, -0.25) is 4.98 Å². The van der Waals surface area contributed by atoms with Crippen molar-refractivity contribution in [2.45, 2.75) is 18.7 Å². The van der Waals surface area contributed by atoms with E-state index in [9.17, 15) is 18.3 Å². The first kappa shape index (κ1) is 14.7. The Morgan fingerprint density at radius 3 is 2.35 bits per heavy atom. The number of rotatable bonds is 3. The van der Waals surface area contributed by atoms with Crippen LogP contribution < -0.4 is 0 Å². The van der Waals surface area contributed by atoms with Crippen molar-refractivity contribution in [1.82, 2.24) is 9.97 Å². The summed E-state index contributed by atoms with van der Waals surface area (Å²) in [6.45, 7) is 0. The van der Waals surface area contributed by atoms with E-state index in [0.29, 0.717) is 0 Å². The largest absolute Gasteiger partial charge is 0.433 e. The maximum atomic E-state index is 12.5. The van der Waals surface area contributed by atoms with E-state index < -0.39 is 18.0 Å². The molecule has 0 aliphatic heterocycles. The maximum Gasteiger partial charge on any atom is 0.433 e. The zero-order valence-electron chi connectivity index (χ0n) is 10.1. The molecular weight excluding hydrogens is 293 g/mol. The lowest BCUT2D eigenvalue weighted by molar-refractivity contribution is -0.141. The monoisotopic (exact) mass is 302 g/mol. The van der Waals surface area contributed by atoms with Crippen LogP contribution in [0.5, 0.6) is 0 Å². The molecule has 0 radical (unpaired) electrons. The highest BCUT2D eigenvalue weighted by molar-refractivity contribution is 6.30. The average Bonchev–Trinajstić information content (AvgIpc) is 2.38. The van der Waals surface area contributed by atoms with Gasteiger partial charge in [0.25, 0.3) is 0 Å². The van der Waals surface area contributed by atoms with Gasteiger partial charge < -0.3 is 5.11 Å². The molecular formula is C13H10ClF3N2O. The van der Waals surface area contributed by atoms with Crippen LogP contribution in [0.15, 0.2) is 36.7 Å². The van der Waals surface area contributed by atoms with Gasteiger partial charge in [-0.2, -0.15) is 13.2 Å². The molecule has 3 nitrogen and oxygen atoms in total. The van der Waals surface area contributed by atoms with Gasteiger partial charge in [0, 0.05) is 24.4 Å². The lowest BCUT2D eigenvalue weighted by atomic mass is 10.0. The third-order valence-electron chi connectivity index (χ3n) is 2.71. The average molecular weight is 303 g/mol. The molecule has 0 saturated heterocycles. The highest BCUT2D eigenvalue weighted by atomic mass is 35.5. The van der Waals surface area contributed by atoms with Gasteiger partial charge in [0.15, 0.2) is 0 Å². The molecule has 0 bridgehead atoms. The molecule has 2 aromatic rings. The molecule has 0 aromatic carbocycles. The molecule has 20 heavy (non-hydrogen) atoms. The molecule has 0 spiro atoms. The number of aromatic nitrogens is 2. The fourth-order valence-electron chi connectivity index (χ4n) is 1.70. The van der Waals surface area contributed by atoms with Crippen molar-refractivity contribution in [3.8, 4) is 0 Å². The summed E-state index contributed by atoms with van der Waals surface area (Å²) < 4.78 is 37.4. The van der Waals surface area contributed by atoms with E-state index >= 15 is 0 Å². The van der Waals surface area contributed by atoms with Gasteiger partial charge >= 0.3 is 6.18 Å². The first-order valence-electron chi connectivity index (χ1n) is 5.68. The second-order valence-electron chi connectivity index (χ2n) is 4.15. The Bertz CT molecular complexity index is 590. The Balaban J connectivity index is 2.21. The van der Waals surface area contributed by atoms with Crippen LogP contribution in [0.25, 0.3) is 0 Å². The number of halogens is 4. The second kappa shape index (κ2) is 5.76. The number of alkyl halides is 3. The molecule has 7 heteroatoms. The van der Waals surface area contributed by atoms with Gasteiger partial charge in [0.2, 0.25) is 0 Å². The Kier molecular flexibility index (Phi) is 4.25. The molecule has 0 aliphatic rings. The third-order valence-corrected chi connectivity index (χ3v) is 3.01. The van der Waals surface area contributed by atoms with Gasteiger partial charge in [0.05, 0.1) is 6.10 Å². The van der Waals surface area contributed by atoms with Gasteiger partial charge in [-0.25, -0.2) is 4.98 Å². The minimum absolute atomic E-state index is 0.163. The van der Waals surface area contributed by atoms with Crippen molar-refractivity contribution in [3.05, 3.63) is 58.6 Å². The van der Waals surface area contributed by atoms with E-state index in [1.165, 1.54) is 0 Å². The molecule has 0 amide bonds. The number of hydrogen-bond donors (Lipinski definition) is 1. The summed E-state index contributed by atoms with van der Waals surface area (Å²) in [5, 5.41) is 9.68. The van der Waals surface area contributed by atoms with Crippen molar-refractivity contribution >= 4 is 11.6 Å². The standard InChI is InChI=1S/C13H10ClF3N2O/c14-12-9(1-2-11(19-12)13(15,16)17)10(20)7-8-3-5-18-6-4-8/h1-6,10,20H,7H2. The molecule has 1 N–H and O–H groups in total. The number of nitrogens with zero attached hydrogens (tertiary/aromatic N) is 2. The summed E-state index contributed by atoms with van der Waals surface area (Å²) >= 11 is 5.71. The predicted molar refractivity (Wildman–Crippen MR) is 67.1 cm³/mol. The molecule has 2 aromatic heterocycles. The summed E-state index contributed by atoms with van der Waals surface area (Å²) in [7, 11) is 0. The molecule has 2 rings (SSSR count). The molecule has 0 fully saturated rings. The highest BCUT2D eigenvalue weighted by Gasteiger charge is 2.33. The first-order chi connectivity index (χ1) is 9.38. The maximum absolute atomic E-state index is 12.5. The first-order valence-corrected chi connectivity index (χ1v) is 6.06. The summed E-state index contributed by atoms with van der Waals surface area (Å²) in [4.78, 5) is 7.11. The van der Waals surface area contributed by atoms with Gasteiger partial charge in [0.1, 0.15) is 10.8 Å². The van der Waals surface area contributed by atoms with E-state index in [2.05, 4.69) is 9.97 Å². The van der Waals surface area contributed by atoms with Crippen molar-refractivity contribution in [3.63, 3.8) is 0 Å². The summed E-state index contributed by atoms with van der Waals surface area (Å²) in [5.41, 5.74) is -0.123. The smallest absolute Gasteiger partial charge is 0.388 e. The highest BCUT2D eigenvalue weighted by Crippen LogP contribution is 2.31. The Hall–Kier alpha value is -1.66. The zero-order chi connectivity index (χ0) is 14.8. The van der Waals surface area contributed by atoms with E-state index in [-0.39, 0.29) is 17.1 Å². The minimum atomic E-state index is -4.56. The SMILES string of the molecule is OC(Cc1ccncc1)c1ccc(C(F)(F)F)nc1Cl. The van der Waals surface area contributed by atoms with E-state index in [1.807, 2.05) is 0 Å². The Morgan fingerprint density at radius 1 is 1.15 bits per heavy atom. The van der Waals surface area contributed by atoms with E-state index in [1.54, 1.807) is 24.5 Å². The van der Waals surface area contributed by atoms with Crippen molar-refractivity contribution < 1.29 is 18.3 Å². The molecule has 0 aliphatic carbocycles. The lowest BCUT2D eigenvalue weighted by Crippen LogP contribution is -2.10. The minimum Gasteiger partial charge on any atom is -0.388 e. The van der Waals surface area contributed by atoms with Crippen LogP contribution in [-0.4, -0.2) is 15.1 Å². The van der Waals surface area contributed by atoms with Crippen LogP contribution in [0.3, 0.4) is 0 Å². The number of aliphatic hydroxyl groups excluding tert-OH is 1. The van der Waals surface area contributed by atoms with Crippen LogP contribution in [0.1, 0.15) is 22.9 Å². The topological polar surface area (TPSA) is 46.0 Å². The molecule has 0 saturated carbocycles. The number of hydrogen-bond acceptors (Lipinski definition) is 3. The van der Waals surface area contributed by atoms with Crippen LogP contribution in [0, 0.1) is 0 Å². The lowest BCUT2D eigenvalue weighted by Gasteiger charge is -2.14. The van der Waals surface area contributed by atoms with Gasteiger partial charge in [-0.05, 0) is 23.8 Å². The Labute approximate surface area is 118 Å². The zero-order valence-corrected chi connectivity index (χ0v) is 10.9. The van der Waals surface area contributed by atoms with Gasteiger partial charge in [-0.1, -0.05) is 17.7 Å². The second-order valence-corrected chi connectivity index (χ2v) is 4.51. The fourth-order valence-corrected chi connectivity index (χ4v) is 1.98. The number of aliphatic hydroxyl groups is 1. The normalized spacial score (nSPS) is 13.2. The molecule has 2 heterocycles. The van der Waals surface area contributed by atoms with Crippen molar-refractivity contribution in [2.24, 2.45) is 0 Å². The van der Waals surface area contributed by atoms with Crippen LogP contribution in [-0.2, 0) is 12.6 Å². The predicted octanol–water partition coefficient (Wildman–Crippen LogP) is 3.42. The van der Waals surface area contributed by atoms with Gasteiger partial charge in [-0.15, -0.1) is 0 Å². The van der Waals surface area contributed by atoms with Crippen molar-refractivity contribution in [1.29, 1.82) is 0 Å². The molecule has 1 unspecified atom stereocenters. The molecule has 106 valence electrons. The summed E-state index contributed by atoms with van der Waals surface area (Å²) in [6, 6.07) is 5.35. The Morgan fingerprint density at radius 2 is 1.80 bits per heavy atom. The number of pyridine rings is 2. The van der Waals surface area contributed by atoms with Crippen molar-refractivity contribution in [2.75, 3.05) is 0 Å². The van der Waals surface area contributed by atoms with E-state index in [0.717, 1.165) is 17.7 Å². The summed E-state index contributed by atoms with van der Waals surface area (Å²) in [6.07, 6.45) is -2.24.